The summed E-state index contributed by atoms with van der Waals surface area (Å²) in [4.78, 5) is 12.0. The number of aromatic hydroxyl groups is 1. The van der Waals surface area contributed by atoms with Gasteiger partial charge in [-0.25, -0.2) is 0 Å². The molecule has 0 unspecified atom stereocenters. The number of aliphatic hydroxyl groups is 1. The summed E-state index contributed by atoms with van der Waals surface area (Å²) in [5, 5.41) is 21.8. The van der Waals surface area contributed by atoms with Crippen LogP contribution in [0.2, 0.25) is 0 Å². The maximum Gasteiger partial charge on any atom is 0.224 e. The number of nitrogens with one attached hydrogen (secondary N) is 1. The molecule has 0 aliphatic heterocycles. The highest BCUT2D eigenvalue weighted by molar-refractivity contribution is 5.79. The Bertz CT molecular complexity index is 465. The summed E-state index contributed by atoms with van der Waals surface area (Å²) in [5.41, 5.74) is 1.64. The monoisotopic (exact) mass is 277 g/mol. The van der Waals surface area contributed by atoms with Crippen molar-refractivity contribution >= 4 is 5.91 Å². The number of carbonyl (C=O) groups is 1. The van der Waals surface area contributed by atoms with Gasteiger partial charge in [0.25, 0.3) is 0 Å². The number of carbonyl (C=O) groups excluding carboxylic acids is 1. The molecule has 1 aromatic carbocycles. The highest BCUT2D eigenvalue weighted by Gasteiger charge is 2.21. The molecule has 1 fully saturated rings. The molecule has 2 rings (SSSR count). The molecule has 110 valence electrons. The Morgan fingerprint density at radius 2 is 2.00 bits per heavy atom. The van der Waals surface area contributed by atoms with Crippen LogP contribution in [0.25, 0.3) is 0 Å². The minimum absolute atomic E-state index is 0.000650. The second-order valence-electron chi connectivity index (χ2n) is 5.77. The summed E-state index contributed by atoms with van der Waals surface area (Å²) in [7, 11) is 0. The molecule has 0 heterocycles. The second-order valence-corrected chi connectivity index (χ2v) is 5.77. The molecule has 4 nitrogen and oxygen atoms in total. The van der Waals surface area contributed by atoms with Crippen molar-refractivity contribution in [1.29, 1.82) is 0 Å². The van der Waals surface area contributed by atoms with E-state index in [1.54, 1.807) is 6.07 Å². The molecule has 1 saturated carbocycles. The largest absolute Gasteiger partial charge is 0.508 e. The summed E-state index contributed by atoms with van der Waals surface area (Å²) in [6, 6.07) is 5.57. The fraction of sp³-hybridized carbons (Fsp3) is 0.562. The summed E-state index contributed by atoms with van der Waals surface area (Å²) in [6.07, 6.45) is 4.14. The van der Waals surface area contributed by atoms with E-state index >= 15 is 0 Å². The van der Waals surface area contributed by atoms with Gasteiger partial charge in [0.1, 0.15) is 5.75 Å². The van der Waals surface area contributed by atoms with E-state index in [-0.39, 0.29) is 24.3 Å². The standard InChI is InChI=1S/C16H23NO3/c1-11-2-3-13(8-15(11)19)9-16(20)17-14-6-4-12(10-18)5-7-14/h2-3,8,12,14,18-19H,4-7,9-10H2,1H3,(H,17,20). The van der Waals surface area contributed by atoms with Gasteiger partial charge in [-0.1, -0.05) is 12.1 Å². The highest BCUT2D eigenvalue weighted by Crippen LogP contribution is 2.24. The third-order valence-electron chi connectivity index (χ3n) is 4.11. The van der Waals surface area contributed by atoms with E-state index in [0.717, 1.165) is 36.8 Å². The fourth-order valence-corrected chi connectivity index (χ4v) is 2.72. The quantitative estimate of drug-likeness (QED) is 0.787. The Morgan fingerprint density at radius 1 is 1.30 bits per heavy atom. The van der Waals surface area contributed by atoms with E-state index < -0.39 is 0 Å². The van der Waals surface area contributed by atoms with Crippen molar-refractivity contribution in [1.82, 2.24) is 5.32 Å². The lowest BCUT2D eigenvalue weighted by atomic mass is 9.86. The second kappa shape index (κ2) is 6.75. The zero-order valence-corrected chi connectivity index (χ0v) is 11.9. The van der Waals surface area contributed by atoms with Gasteiger partial charge in [-0.2, -0.15) is 0 Å². The Morgan fingerprint density at radius 3 is 2.60 bits per heavy atom. The van der Waals surface area contributed by atoms with E-state index in [1.807, 2.05) is 19.1 Å². The van der Waals surface area contributed by atoms with Crippen LogP contribution in [0.15, 0.2) is 18.2 Å². The molecule has 1 aromatic rings. The number of phenols is 1. The highest BCUT2D eigenvalue weighted by atomic mass is 16.3. The molecule has 0 bridgehead atoms. The summed E-state index contributed by atoms with van der Waals surface area (Å²) in [5.74, 6) is 0.636. The fourth-order valence-electron chi connectivity index (χ4n) is 2.72. The van der Waals surface area contributed by atoms with Gasteiger partial charge in [-0.15, -0.1) is 0 Å². The molecule has 1 aliphatic carbocycles. The van der Waals surface area contributed by atoms with Crippen molar-refractivity contribution < 1.29 is 15.0 Å². The minimum atomic E-state index is 0.000650. The van der Waals surface area contributed by atoms with Crippen molar-refractivity contribution in [2.24, 2.45) is 5.92 Å². The minimum Gasteiger partial charge on any atom is -0.508 e. The van der Waals surface area contributed by atoms with E-state index in [2.05, 4.69) is 5.32 Å². The van der Waals surface area contributed by atoms with Gasteiger partial charge >= 0.3 is 0 Å². The van der Waals surface area contributed by atoms with Gasteiger partial charge < -0.3 is 15.5 Å². The predicted octanol–water partition coefficient (Wildman–Crippen LogP) is 1.91. The smallest absolute Gasteiger partial charge is 0.224 e. The van der Waals surface area contributed by atoms with Gasteiger partial charge in [0.05, 0.1) is 6.42 Å². The lowest BCUT2D eigenvalue weighted by molar-refractivity contribution is -0.121. The predicted molar refractivity (Wildman–Crippen MR) is 77.5 cm³/mol. The molecular weight excluding hydrogens is 254 g/mol. The lowest BCUT2D eigenvalue weighted by Crippen LogP contribution is -2.38. The molecule has 1 aliphatic rings. The van der Waals surface area contributed by atoms with E-state index in [4.69, 9.17) is 5.11 Å². The average Bonchev–Trinajstić information content (AvgIpc) is 2.44. The van der Waals surface area contributed by atoms with Crippen LogP contribution in [0.1, 0.15) is 36.8 Å². The molecule has 0 radical (unpaired) electrons. The van der Waals surface area contributed by atoms with Crippen LogP contribution < -0.4 is 5.32 Å². The Labute approximate surface area is 119 Å². The molecule has 0 atom stereocenters. The van der Waals surface area contributed by atoms with E-state index in [9.17, 15) is 9.90 Å². The molecule has 3 N–H and O–H groups in total. The Kier molecular flexibility index (Phi) is 5.01. The van der Waals surface area contributed by atoms with Gasteiger partial charge in [-0.3, -0.25) is 4.79 Å². The first-order chi connectivity index (χ1) is 9.58. The first kappa shape index (κ1) is 14.9. The van der Waals surface area contributed by atoms with Crippen molar-refractivity contribution in [2.75, 3.05) is 6.61 Å². The first-order valence-corrected chi connectivity index (χ1v) is 7.27. The van der Waals surface area contributed by atoms with Crippen LogP contribution >= 0.6 is 0 Å². The van der Waals surface area contributed by atoms with Crippen LogP contribution in [0, 0.1) is 12.8 Å². The molecule has 0 spiro atoms. The van der Waals surface area contributed by atoms with Crippen molar-refractivity contribution in [3.8, 4) is 5.75 Å². The molecule has 0 aromatic heterocycles. The number of aryl methyl sites for hydroxylation is 1. The molecule has 1 amide bonds. The normalized spacial score (nSPS) is 22.5. The number of aliphatic hydroxyl groups excluding tert-OH is 1. The topological polar surface area (TPSA) is 69.6 Å². The number of amides is 1. The zero-order valence-electron chi connectivity index (χ0n) is 11.9. The summed E-state index contributed by atoms with van der Waals surface area (Å²) >= 11 is 0. The van der Waals surface area contributed by atoms with Crippen LogP contribution in [0.4, 0.5) is 0 Å². The number of hydrogen-bond donors (Lipinski definition) is 3. The number of rotatable bonds is 4. The Hall–Kier alpha value is -1.55. The van der Waals surface area contributed by atoms with Crippen molar-refractivity contribution in [2.45, 2.75) is 45.1 Å². The maximum absolute atomic E-state index is 12.0. The van der Waals surface area contributed by atoms with E-state index in [0.29, 0.717) is 12.3 Å². The van der Waals surface area contributed by atoms with Gasteiger partial charge in [0.2, 0.25) is 5.91 Å². The van der Waals surface area contributed by atoms with Gasteiger partial charge in [-0.05, 0) is 55.7 Å². The Balaban J connectivity index is 1.82. The third kappa shape index (κ3) is 3.97. The van der Waals surface area contributed by atoms with Crippen LogP contribution in [-0.2, 0) is 11.2 Å². The van der Waals surface area contributed by atoms with Crippen LogP contribution in [-0.4, -0.2) is 28.8 Å². The first-order valence-electron chi connectivity index (χ1n) is 7.27. The number of phenolic OH excluding ortho intramolecular Hbond substituents is 1. The van der Waals surface area contributed by atoms with E-state index in [1.165, 1.54) is 0 Å². The van der Waals surface area contributed by atoms with Crippen LogP contribution in [0.5, 0.6) is 5.75 Å². The van der Waals surface area contributed by atoms with Gasteiger partial charge in [0.15, 0.2) is 0 Å². The summed E-state index contributed by atoms with van der Waals surface area (Å²) in [6.45, 7) is 2.09. The molecule has 4 heteroatoms. The SMILES string of the molecule is Cc1ccc(CC(=O)NC2CCC(CO)CC2)cc1O. The molecular formula is C16H23NO3. The number of benzene rings is 1. The number of hydrogen-bond acceptors (Lipinski definition) is 3. The average molecular weight is 277 g/mol. The third-order valence-corrected chi connectivity index (χ3v) is 4.11. The molecule has 0 saturated heterocycles. The van der Waals surface area contributed by atoms with Crippen LogP contribution in [0.3, 0.4) is 0 Å². The maximum atomic E-state index is 12.0. The summed E-state index contributed by atoms with van der Waals surface area (Å²) < 4.78 is 0. The van der Waals surface area contributed by atoms with Crippen molar-refractivity contribution in [3.05, 3.63) is 29.3 Å². The lowest BCUT2D eigenvalue weighted by Gasteiger charge is -2.28. The van der Waals surface area contributed by atoms with Crippen molar-refractivity contribution in [3.63, 3.8) is 0 Å². The zero-order chi connectivity index (χ0) is 14.5. The van der Waals surface area contributed by atoms with Gasteiger partial charge in [0, 0.05) is 12.6 Å². The molecule has 20 heavy (non-hydrogen) atoms.